The topological polar surface area (TPSA) is 87.5 Å². The molecule has 0 bridgehead atoms. The zero-order chi connectivity index (χ0) is 18.0. The first-order valence-corrected chi connectivity index (χ1v) is 7.73. The molecule has 2 N–H and O–H groups in total. The van der Waals surface area contributed by atoms with Gasteiger partial charge in [0.2, 0.25) is 0 Å². The number of hydrogen-bond donors (Lipinski definition) is 2. The maximum Gasteiger partial charge on any atom is 0.338 e. The minimum absolute atomic E-state index is 0.135. The fourth-order valence-electron chi connectivity index (χ4n) is 2.64. The number of aryl methyl sites for hydroxylation is 2. The van der Waals surface area contributed by atoms with E-state index in [-0.39, 0.29) is 11.1 Å². The molecule has 0 radical (unpaired) electrons. The molecule has 0 saturated heterocycles. The summed E-state index contributed by atoms with van der Waals surface area (Å²) in [5, 5.41) is 12.4. The van der Waals surface area contributed by atoms with E-state index in [1.807, 2.05) is 30.3 Å². The number of carboxylic acid groups (broad SMARTS) is 1. The van der Waals surface area contributed by atoms with Crippen LogP contribution in [-0.2, 0) is 0 Å². The lowest BCUT2D eigenvalue weighted by atomic mass is 10.1. The van der Waals surface area contributed by atoms with Crippen molar-refractivity contribution in [1.29, 1.82) is 0 Å². The number of para-hydroxylation sites is 1. The van der Waals surface area contributed by atoms with Crippen molar-refractivity contribution in [3.63, 3.8) is 0 Å². The van der Waals surface area contributed by atoms with Crippen molar-refractivity contribution >= 4 is 17.9 Å². The van der Waals surface area contributed by atoms with Gasteiger partial charge in [0.05, 0.1) is 22.5 Å². The summed E-state index contributed by atoms with van der Waals surface area (Å²) in [4.78, 5) is 28.3. The van der Waals surface area contributed by atoms with Crippen molar-refractivity contribution in [1.82, 2.24) is 9.78 Å². The molecule has 1 aromatic heterocycles. The van der Waals surface area contributed by atoms with Gasteiger partial charge in [0.15, 0.2) is 0 Å². The molecule has 25 heavy (non-hydrogen) atoms. The lowest BCUT2D eigenvalue weighted by Crippen LogP contribution is -2.17. The van der Waals surface area contributed by atoms with Gasteiger partial charge in [0.25, 0.3) is 5.56 Å². The predicted octanol–water partition coefficient (Wildman–Crippen LogP) is 3.23. The summed E-state index contributed by atoms with van der Waals surface area (Å²) in [7, 11) is 0. The van der Waals surface area contributed by atoms with Crippen LogP contribution in [0.15, 0.2) is 58.3 Å². The van der Waals surface area contributed by atoms with Crippen molar-refractivity contribution in [3.05, 3.63) is 81.3 Å². The van der Waals surface area contributed by atoms with Crippen molar-refractivity contribution in [2.24, 2.45) is 4.99 Å². The van der Waals surface area contributed by atoms with Gasteiger partial charge in [-0.3, -0.25) is 14.9 Å². The average molecular weight is 335 g/mol. The monoisotopic (exact) mass is 335 g/mol. The Kier molecular flexibility index (Phi) is 4.35. The van der Waals surface area contributed by atoms with Crippen LogP contribution in [0.2, 0.25) is 0 Å². The lowest BCUT2D eigenvalue weighted by Gasteiger charge is -2.03. The van der Waals surface area contributed by atoms with Gasteiger partial charge >= 0.3 is 5.97 Å². The molecule has 0 saturated carbocycles. The van der Waals surface area contributed by atoms with Crippen LogP contribution < -0.4 is 5.56 Å². The Balaban J connectivity index is 2.05. The third-order valence-electron chi connectivity index (χ3n) is 3.93. The van der Waals surface area contributed by atoms with Crippen LogP contribution in [0, 0.1) is 13.8 Å². The normalized spacial score (nSPS) is 11.1. The molecule has 0 fully saturated rings. The highest BCUT2D eigenvalue weighted by Crippen LogP contribution is 2.22. The number of benzene rings is 2. The van der Waals surface area contributed by atoms with Crippen molar-refractivity contribution in [3.8, 4) is 5.69 Å². The second-order valence-corrected chi connectivity index (χ2v) is 5.66. The van der Waals surface area contributed by atoms with E-state index in [1.165, 1.54) is 10.9 Å². The number of carboxylic acids is 1. The first-order valence-electron chi connectivity index (χ1n) is 7.73. The Morgan fingerprint density at radius 1 is 1.12 bits per heavy atom. The quantitative estimate of drug-likeness (QED) is 0.718. The Bertz CT molecular complexity index is 1010. The predicted molar refractivity (Wildman–Crippen MR) is 96.5 cm³/mol. The molecule has 0 aliphatic heterocycles. The molecule has 6 heteroatoms. The number of nitrogens with one attached hydrogen (secondary N) is 1. The van der Waals surface area contributed by atoms with E-state index >= 15 is 0 Å². The zero-order valence-electron chi connectivity index (χ0n) is 13.9. The second kappa shape index (κ2) is 6.60. The van der Waals surface area contributed by atoms with Crippen molar-refractivity contribution in [2.75, 3.05) is 0 Å². The van der Waals surface area contributed by atoms with Crippen LogP contribution in [-0.4, -0.2) is 27.1 Å². The minimum Gasteiger partial charge on any atom is -0.478 e. The lowest BCUT2D eigenvalue weighted by molar-refractivity contribution is 0.0697. The maximum atomic E-state index is 12.6. The molecule has 0 aliphatic rings. The first kappa shape index (κ1) is 16.4. The summed E-state index contributed by atoms with van der Waals surface area (Å²) in [6.45, 7) is 3.49. The van der Waals surface area contributed by atoms with Gasteiger partial charge in [-0.1, -0.05) is 30.3 Å². The summed E-state index contributed by atoms with van der Waals surface area (Å²) in [5.41, 5.74) is 2.60. The third kappa shape index (κ3) is 3.14. The van der Waals surface area contributed by atoms with Gasteiger partial charge in [0, 0.05) is 11.9 Å². The summed E-state index contributed by atoms with van der Waals surface area (Å²) >= 11 is 0. The molecule has 3 aromatic rings. The zero-order valence-corrected chi connectivity index (χ0v) is 13.9. The Hall–Kier alpha value is -3.41. The number of aromatic nitrogens is 2. The van der Waals surface area contributed by atoms with Gasteiger partial charge in [-0.2, -0.15) is 0 Å². The molecule has 0 aliphatic carbocycles. The van der Waals surface area contributed by atoms with Gasteiger partial charge < -0.3 is 5.11 Å². The Morgan fingerprint density at radius 3 is 2.52 bits per heavy atom. The summed E-state index contributed by atoms with van der Waals surface area (Å²) in [6, 6.07) is 14.3. The van der Waals surface area contributed by atoms with Crippen molar-refractivity contribution in [2.45, 2.75) is 13.8 Å². The molecular formula is C19H17N3O3. The van der Waals surface area contributed by atoms with E-state index in [0.29, 0.717) is 22.5 Å². The van der Waals surface area contributed by atoms with E-state index in [4.69, 9.17) is 0 Å². The number of aromatic carboxylic acids is 1. The number of aromatic amines is 1. The van der Waals surface area contributed by atoms with E-state index in [9.17, 15) is 14.7 Å². The number of nitrogens with zero attached hydrogens (tertiary/aromatic N) is 2. The molecule has 2 aromatic carbocycles. The highest BCUT2D eigenvalue weighted by molar-refractivity contribution is 5.96. The molecule has 0 unspecified atom stereocenters. The van der Waals surface area contributed by atoms with Gasteiger partial charge in [0.1, 0.15) is 0 Å². The number of hydrogen-bond acceptors (Lipinski definition) is 3. The smallest absolute Gasteiger partial charge is 0.338 e. The van der Waals surface area contributed by atoms with Crippen molar-refractivity contribution < 1.29 is 9.90 Å². The number of carbonyl (C=O) groups is 1. The van der Waals surface area contributed by atoms with E-state index < -0.39 is 5.97 Å². The number of aliphatic imine (C=N–C) groups is 1. The van der Waals surface area contributed by atoms with E-state index in [0.717, 1.165) is 5.69 Å². The number of H-pyrrole nitrogens is 1. The molecule has 0 atom stereocenters. The Morgan fingerprint density at radius 2 is 1.84 bits per heavy atom. The van der Waals surface area contributed by atoms with Gasteiger partial charge in [-0.05, 0) is 37.6 Å². The molecule has 126 valence electrons. The van der Waals surface area contributed by atoms with Crippen LogP contribution in [0.4, 0.5) is 5.69 Å². The highest BCUT2D eigenvalue weighted by Gasteiger charge is 2.14. The first-order chi connectivity index (χ1) is 12.0. The standard InChI is InChI=1S/C19H17N3O3/c1-12-7-6-10-16(17(12)19(24)25)20-11-15-13(2)21-22(18(15)23)14-8-4-3-5-9-14/h3-11,21H,1-2H3,(H,24,25). The van der Waals surface area contributed by atoms with Crippen LogP contribution >= 0.6 is 0 Å². The Labute approximate surface area is 144 Å². The van der Waals surface area contributed by atoms with E-state index in [1.54, 1.807) is 32.0 Å². The SMILES string of the molecule is Cc1cccc(N=Cc2c(C)[nH]n(-c3ccccc3)c2=O)c1C(=O)O. The highest BCUT2D eigenvalue weighted by atomic mass is 16.4. The van der Waals surface area contributed by atoms with Gasteiger partial charge in [-0.25, -0.2) is 9.48 Å². The largest absolute Gasteiger partial charge is 0.478 e. The fourth-order valence-corrected chi connectivity index (χ4v) is 2.64. The molecule has 6 nitrogen and oxygen atoms in total. The fraction of sp³-hybridized carbons (Fsp3) is 0.105. The summed E-state index contributed by atoms with van der Waals surface area (Å²) in [5.74, 6) is -1.04. The molecular weight excluding hydrogens is 318 g/mol. The molecule has 3 rings (SSSR count). The van der Waals surface area contributed by atoms with Crippen LogP contribution in [0.5, 0.6) is 0 Å². The van der Waals surface area contributed by atoms with Crippen LogP contribution in [0.1, 0.15) is 27.2 Å². The van der Waals surface area contributed by atoms with Crippen LogP contribution in [0.25, 0.3) is 5.69 Å². The number of rotatable bonds is 4. The molecule has 1 heterocycles. The summed E-state index contributed by atoms with van der Waals surface area (Å²) < 4.78 is 1.44. The second-order valence-electron chi connectivity index (χ2n) is 5.66. The van der Waals surface area contributed by atoms with Crippen LogP contribution in [0.3, 0.4) is 0 Å². The van der Waals surface area contributed by atoms with E-state index in [2.05, 4.69) is 10.1 Å². The minimum atomic E-state index is -1.04. The maximum absolute atomic E-state index is 12.6. The third-order valence-corrected chi connectivity index (χ3v) is 3.93. The molecule has 0 amide bonds. The average Bonchev–Trinajstić information content (AvgIpc) is 2.87. The summed E-state index contributed by atoms with van der Waals surface area (Å²) in [6.07, 6.45) is 1.41. The molecule has 0 spiro atoms. The van der Waals surface area contributed by atoms with Gasteiger partial charge in [-0.15, -0.1) is 0 Å².